The summed E-state index contributed by atoms with van der Waals surface area (Å²) in [6.07, 6.45) is 1.56. The quantitative estimate of drug-likeness (QED) is 0.496. The molecule has 4 rings (SSSR count). The highest BCUT2D eigenvalue weighted by atomic mass is 16.2. The Balaban J connectivity index is 1.26. The van der Waals surface area contributed by atoms with Gasteiger partial charge in [-0.25, -0.2) is 4.68 Å². The number of hydrogen-bond acceptors (Lipinski definition) is 4. The largest absolute Gasteiger partial charge is 0.322 e. The number of quaternary nitrogens is 2. The van der Waals surface area contributed by atoms with Gasteiger partial charge in [-0.1, -0.05) is 30.3 Å². The van der Waals surface area contributed by atoms with Crippen molar-refractivity contribution in [2.24, 2.45) is 0 Å². The number of carbonyl (C=O) groups excluding carboxylic acids is 1. The fraction of sp³-hybridized carbons (Fsp3) is 0.333. The van der Waals surface area contributed by atoms with E-state index in [1.165, 1.54) is 10.5 Å². The van der Waals surface area contributed by atoms with Crippen molar-refractivity contribution >= 4 is 11.6 Å². The first-order valence-corrected chi connectivity index (χ1v) is 10.0. The number of aryl methyl sites for hydroxylation is 1. The first-order valence-electron chi connectivity index (χ1n) is 10.0. The first kappa shape index (κ1) is 19.2. The van der Waals surface area contributed by atoms with E-state index in [9.17, 15) is 4.79 Å². The number of tetrazole rings is 1. The van der Waals surface area contributed by atoms with Gasteiger partial charge in [0.15, 0.2) is 6.54 Å². The Morgan fingerprint density at radius 3 is 2.52 bits per heavy atom. The van der Waals surface area contributed by atoms with Crippen LogP contribution in [-0.4, -0.2) is 58.8 Å². The molecule has 8 heteroatoms. The lowest BCUT2D eigenvalue weighted by Gasteiger charge is -2.29. The molecule has 1 saturated heterocycles. The van der Waals surface area contributed by atoms with Crippen LogP contribution < -0.4 is 15.1 Å². The third kappa shape index (κ3) is 5.04. The number of carbonyl (C=O) groups is 1. The van der Waals surface area contributed by atoms with Crippen molar-refractivity contribution in [2.45, 2.75) is 13.5 Å². The second-order valence-electron chi connectivity index (χ2n) is 7.64. The molecule has 0 bridgehead atoms. The van der Waals surface area contributed by atoms with Crippen LogP contribution in [0.4, 0.5) is 5.69 Å². The van der Waals surface area contributed by atoms with Crippen LogP contribution in [0.3, 0.4) is 0 Å². The smallest absolute Gasteiger partial charge is 0.279 e. The molecule has 29 heavy (non-hydrogen) atoms. The molecule has 1 amide bonds. The zero-order chi connectivity index (χ0) is 20.1. The number of anilines is 1. The van der Waals surface area contributed by atoms with Gasteiger partial charge in [0.2, 0.25) is 0 Å². The lowest BCUT2D eigenvalue weighted by molar-refractivity contribution is -1.02. The highest BCUT2D eigenvalue weighted by Gasteiger charge is 2.24. The Labute approximate surface area is 170 Å². The summed E-state index contributed by atoms with van der Waals surface area (Å²) < 4.78 is 1.61. The molecule has 2 aromatic carbocycles. The van der Waals surface area contributed by atoms with E-state index in [1.807, 2.05) is 25.1 Å². The number of nitrogens with zero attached hydrogens (tertiary/aromatic N) is 4. The molecule has 8 nitrogen and oxygen atoms in total. The number of rotatable bonds is 6. The van der Waals surface area contributed by atoms with Gasteiger partial charge in [-0.2, -0.15) is 0 Å². The molecule has 3 N–H and O–H groups in total. The number of aromatic nitrogens is 4. The van der Waals surface area contributed by atoms with Crippen LogP contribution in [0, 0.1) is 6.92 Å². The van der Waals surface area contributed by atoms with Crippen LogP contribution in [0.1, 0.15) is 11.1 Å². The summed E-state index contributed by atoms with van der Waals surface area (Å²) in [7, 11) is 0. The van der Waals surface area contributed by atoms with Crippen LogP contribution in [0.5, 0.6) is 0 Å². The maximum Gasteiger partial charge on any atom is 0.279 e. The summed E-state index contributed by atoms with van der Waals surface area (Å²) in [5.41, 5.74) is 4.08. The van der Waals surface area contributed by atoms with Crippen molar-refractivity contribution in [3.05, 3.63) is 66.0 Å². The minimum Gasteiger partial charge on any atom is -0.322 e. The average molecular weight is 393 g/mol. The summed E-state index contributed by atoms with van der Waals surface area (Å²) in [5.74, 6) is 0.0566. The molecule has 2 heterocycles. The monoisotopic (exact) mass is 393 g/mol. The van der Waals surface area contributed by atoms with Crippen molar-refractivity contribution in [3.8, 4) is 5.69 Å². The highest BCUT2D eigenvalue weighted by Crippen LogP contribution is 2.17. The Bertz CT molecular complexity index is 935. The van der Waals surface area contributed by atoms with Crippen LogP contribution in [0.2, 0.25) is 0 Å². The molecule has 0 saturated carbocycles. The van der Waals surface area contributed by atoms with Gasteiger partial charge in [-0.15, -0.1) is 5.10 Å². The molecular formula is C21H27N7O+2. The third-order valence-electron chi connectivity index (χ3n) is 5.45. The summed E-state index contributed by atoms with van der Waals surface area (Å²) >= 11 is 0. The standard InChI is InChI=1S/C21H25N7O/c1-17-13-19(7-8-20(17)28-16-22-24-25-28)23-21(29)15-27-11-9-26(10-12-27)14-18-5-3-2-4-6-18/h2-8,13,16H,9-12,14-15H2,1H3,(H,23,29)/p+2. The minimum atomic E-state index is 0.0566. The average Bonchev–Trinajstić information content (AvgIpc) is 3.25. The molecule has 0 spiro atoms. The number of nitrogens with one attached hydrogen (secondary N) is 3. The van der Waals surface area contributed by atoms with Gasteiger partial charge in [0.25, 0.3) is 5.91 Å². The van der Waals surface area contributed by atoms with Gasteiger partial charge in [0.05, 0.1) is 5.69 Å². The van der Waals surface area contributed by atoms with Crippen molar-refractivity contribution < 1.29 is 14.6 Å². The molecule has 1 fully saturated rings. The fourth-order valence-electron chi connectivity index (χ4n) is 3.89. The fourth-order valence-corrected chi connectivity index (χ4v) is 3.89. The summed E-state index contributed by atoms with van der Waals surface area (Å²) in [4.78, 5) is 15.4. The van der Waals surface area contributed by atoms with E-state index in [-0.39, 0.29) is 5.91 Å². The number of hydrogen-bond donors (Lipinski definition) is 3. The van der Waals surface area contributed by atoms with Crippen molar-refractivity contribution in [3.63, 3.8) is 0 Å². The SMILES string of the molecule is Cc1cc(NC(=O)C[NH+]2CC[NH+](Cc3ccccc3)CC2)ccc1-n1cnnn1. The molecule has 1 aromatic heterocycles. The third-order valence-corrected chi connectivity index (χ3v) is 5.45. The Morgan fingerprint density at radius 2 is 1.83 bits per heavy atom. The second-order valence-corrected chi connectivity index (χ2v) is 7.64. The normalized spacial score (nSPS) is 19.1. The van der Waals surface area contributed by atoms with E-state index in [4.69, 9.17) is 0 Å². The summed E-state index contributed by atoms with van der Waals surface area (Å²) in [6, 6.07) is 16.4. The number of piperazine rings is 1. The van der Waals surface area contributed by atoms with Crippen LogP contribution in [-0.2, 0) is 11.3 Å². The van der Waals surface area contributed by atoms with Gasteiger partial charge in [0, 0.05) is 11.3 Å². The predicted octanol–water partition coefficient (Wildman–Crippen LogP) is -1.11. The summed E-state index contributed by atoms with van der Waals surface area (Å²) in [6.45, 7) is 7.78. The van der Waals surface area contributed by atoms with E-state index in [0.29, 0.717) is 6.54 Å². The van der Waals surface area contributed by atoms with Gasteiger partial charge >= 0.3 is 0 Å². The van der Waals surface area contributed by atoms with E-state index in [0.717, 1.165) is 49.7 Å². The van der Waals surface area contributed by atoms with Gasteiger partial charge in [-0.3, -0.25) is 4.79 Å². The molecule has 1 aliphatic heterocycles. The van der Waals surface area contributed by atoms with Gasteiger partial charge in [0.1, 0.15) is 39.1 Å². The lowest BCUT2D eigenvalue weighted by Crippen LogP contribution is -3.28. The maximum atomic E-state index is 12.5. The van der Waals surface area contributed by atoms with Crippen LogP contribution in [0.25, 0.3) is 5.69 Å². The molecule has 3 aromatic rings. The molecule has 0 atom stereocenters. The summed E-state index contributed by atoms with van der Waals surface area (Å²) in [5, 5.41) is 14.3. The van der Waals surface area contributed by atoms with E-state index in [2.05, 4.69) is 51.2 Å². The van der Waals surface area contributed by atoms with Gasteiger partial charge < -0.3 is 15.1 Å². The van der Waals surface area contributed by atoms with E-state index in [1.54, 1.807) is 15.9 Å². The Hall–Kier alpha value is -3.10. The molecule has 0 unspecified atom stereocenters. The van der Waals surface area contributed by atoms with Crippen molar-refractivity contribution in [2.75, 3.05) is 38.0 Å². The van der Waals surface area contributed by atoms with Crippen LogP contribution in [0.15, 0.2) is 54.9 Å². The Kier molecular flexibility index (Phi) is 5.92. The zero-order valence-electron chi connectivity index (χ0n) is 16.6. The number of benzene rings is 2. The van der Waals surface area contributed by atoms with Crippen molar-refractivity contribution in [1.82, 2.24) is 20.2 Å². The second kappa shape index (κ2) is 8.93. The lowest BCUT2D eigenvalue weighted by atomic mass is 10.1. The number of amides is 1. The maximum absolute atomic E-state index is 12.5. The first-order chi connectivity index (χ1) is 14.2. The minimum absolute atomic E-state index is 0.0566. The highest BCUT2D eigenvalue weighted by molar-refractivity contribution is 5.91. The van der Waals surface area contributed by atoms with E-state index < -0.39 is 0 Å². The molecule has 0 radical (unpaired) electrons. The zero-order valence-corrected chi connectivity index (χ0v) is 16.6. The molecule has 0 aliphatic carbocycles. The molecule has 150 valence electrons. The predicted molar refractivity (Wildman–Crippen MR) is 109 cm³/mol. The van der Waals surface area contributed by atoms with E-state index >= 15 is 0 Å². The van der Waals surface area contributed by atoms with Crippen LogP contribution >= 0.6 is 0 Å². The van der Waals surface area contributed by atoms with Crippen molar-refractivity contribution in [1.29, 1.82) is 0 Å². The van der Waals surface area contributed by atoms with Gasteiger partial charge in [-0.05, 0) is 41.1 Å². The molecular weight excluding hydrogens is 366 g/mol. The Morgan fingerprint density at radius 1 is 1.07 bits per heavy atom. The topological polar surface area (TPSA) is 81.6 Å². The molecule has 1 aliphatic rings.